The Morgan fingerprint density at radius 2 is 1.95 bits per heavy atom. The molecule has 1 aliphatic carbocycles. The monoisotopic (exact) mass is 304 g/mol. The van der Waals surface area contributed by atoms with Crippen LogP contribution < -0.4 is 10.0 Å². The molecule has 4 nitrogen and oxygen atoms in total. The third kappa shape index (κ3) is 3.67. The molecule has 0 aromatic heterocycles. The predicted octanol–water partition coefficient (Wildman–Crippen LogP) is 2.16. The van der Waals surface area contributed by atoms with Crippen molar-refractivity contribution in [1.82, 2.24) is 5.32 Å². The molecular weight excluding hydrogens is 286 g/mol. The number of anilines is 1. The number of rotatable bonds is 6. The summed E-state index contributed by atoms with van der Waals surface area (Å²) in [5.74, 6) is -1.43. The number of hydrogen-bond acceptors (Lipinski definition) is 3. The highest BCUT2D eigenvalue weighted by atomic mass is 32.2. The summed E-state index contributed by atoms with van der Waals surface area (Å²) in [6.45, 7) is 3.23. The SMILES string of the molecule is Cc1cc(F)c(NS(=O)(=O)C(C)CNC2CC2)cc1F. The van der Waals surface area contributed by atoms with Gasteiger partial charge in [-0.15, -0.1) is 0 Å². The van der Waals surface area contributed by atoms with E-state index in [0.717, 1.165) is 25.0 Å². The number of benzene rings is 1. The summed E-state index contributed by atoms with van der Waals surface area (Å²) in [5.41, 5.74) is -0.222. The largest absolute Gasteiger partial charge is 0.313 e. The van der Waals surface area contributed by atoms with Crippen molar-refractivity contribution < 1.29 is 17.2 Å². The molecule has 2 N–H and O–H groups in total. The molecule has 2 rings (SSSR count). The van der Waals surface area contributed by atoms with E-state index in [0.29, 0.717) is 6.04 Å². The van der Waals surface area contributed by atoms with Gasteiger partial charge in [0.15, 0.2) is 0 Å². The van der Waals surface area contributed by atoms with Crippen LogP contribution in [0.3, 0.4) is 0 Å². The second kappa shape index (κ2) is 5.65. The molecular formula is C13H18F2N2O2S. The zero-order valence-electron chi connectivity index (χ0n) is 11.4. The maximum Gasteiger partial charge on any atom is 0.236 e. The molecule has 0 spiro atoms. The van der Waals surface area contributed by atoms with E-state index < -0.39 is 26.9 Å². The van der Waals surface area contributed by atoms with Gasteiger partial charge in [0.2, 0.25) is 10.0 Å². The quantitative estimate of drug-likeness (QED) is 0.846. The van der Waals surface area contributed by atoms with Gasteiger partial charge in [-0.25, -0.2) is 17.2 Å². The average molecular weight is 304 g/mol. The normalized spacial score (nSPS) is 17.0. The molecule has 0 radical (unpaired) electrons. The highest BCUT2D eigenvalue weighted by molar-refractivity contribution is 7.93. The molecule has 1 unspecified atom stereocenters. The topological polar surface area (TPSA) is 58.2 Å². The maximum atomic E-state index is 13.6. The number of hydrogen-bond donors (Lipinski definition) is 2. The van der Waals surface area contributed by atoms with Crippen molar-refractivity contribution >= 4 is 15.7 Å². The molecule has 7 heteroatoms. The Labute approximate surface area is 117 Å². The predicted molar refractivity (Wildman–Crippen MR) is 74.1 cm³/mol. The van der Waals surface area contributed by atoms with Gasteiger partial charge in [0, 0.05) is 18.7 Å². The minimum Gasteiger partial charge on any atom is -0.313 e. The van der Waals surface area contributed by atoms with Crippen LogP contribution in [0.5, 0.6) is 0 Å². The fraction of sp³-hybridized carbons (Fsp3) is 0.538. The molecule has 0 amide bonds. The molecule has 0 aliphatic heterocycles. The molecule has 112 valence electrons. The van der Waals surface area contributed by atoms with E-state index in [2.05, 4.69) is 10.0 Å². The lowest BCUT2D eigenvalue weighted by atomic mass is 10.2. The van der Waals surface area contributed by atoms with Crippen LogP contribution in [0.15, 0.2) is 12.1 Å². The molecule has 1 saturated carbocycles. The fourth-order valence-electron chi connectivity index (χ4n) is 1.71. The van der Waals surface area contributed by atoms with Gasteiger partial charge < -0.3 is 5.32 Å². The van der Waals surface area contributed by atoms with Gasteiger partial charge in [-0.1, -0.05) is 0 Å². The van der Waals surface area contributed by atoms with E-state index in [1.807, 2.05) is 0 Å². The lowest BCUT2D eigenvalue weighted by Gasteiger charge is -2.16. The van der Waals surface area contributed by atoms with Gasteiger partial charge in [-0.05, 0) is 38.3 Å². The van der Waals surface area contributed by atoms with Crippen molar-refractivity contribution in [3.05, 3.63) is 29.3 Å². The minimum atomic E-state index is -3.75. The van der Waals surface area contributed by atoms with Crippen LogP contribution in [0, 0.1) is 18.6 Å². The van der Waals surface area contributed by atoms with Gasteiger partial charge >= 0.3 is 0 Å². The van der Waals surface area contributed by atoms with Gasteiger partial charge in [0.05, 0.1) is 10.9 Å². The van der Waals surface area contributed by atoms with Gasteiger partial charge in [-0.3, -0.25) is 4.72 Å². The fourth-order valence-corrected chi connectivity index (χ4v) is 2.69. The Morgan fingerprint density at radius 1 is 1.30 bits per heavy atom. The second-order valence-electron chi connectivity index (χ2n) is 5.22. The smallest absolute Gasteiger partial charge is 0.236 e. The van der Waals surface area contributed by atoms with Crippen LogP contribution in [0.4, 0.5) is 14.5 Å². The Morgan fingerprint density at radius 3 is 2.55 bits per heavy atom. The molecule has 1 fully saturated rings. The first-order valence-corrected chi connectivity index (χ1v) is 8.05. The summed E-state index contributed by atoms with van der Waals surface area (Å²) in [5, 5.41) is 2.37. The lowest BCUT2D eigenvalue weighted by Crippen LogP contribution is -2.35. The number of halogens is 2. The molecule has 1 aromatic carbocycles. The maximum absolute atomic E-state index is 13.6. The van der Waals surface area contributed by atoms with Crippen LogP contribution in [-0.4, -0.2) is 26.3 Å². The Bertz CT molecular complexity index is 601. The molecule has 20 heavy (non-hydrogen) atoms. The van der Waals surface area contributed by atoms with E-state index in [9.17, 15) is 17.2 Å². The summed E-state index contributed by atoms with van der Waals surface area (Å²) in [6.07, 6.45) is 2.11. The van der Waals surface area contributed by atoms with Gasteiger partial charge in [0.1, 0.15) is 11.6 Å². The van der Waals surface area contributed by atoms with E-state index in [1.165, 1.54) is 13.8 Å². The number of aryl methyl sites for hydroxylation is 1. The molecule has 0 bridgehead atoms. The first-order chi connectivity index (χ1) is 9.29. The van der Waals surface area contributed by atoms with E-state index in [1.54, 1.807) is 0 Å². The van der Waals surface area contributed by atoms with Crippen molar-refractivity contribution in [3.63, 3.8) is 0 Å². The van der Waals surface area contributed by atoms with Crippen LogP contribution in [0.1, 0.15) is 25.3 Å². The number of sulfonamides is 1. The van der Waals surface area contributed by atoms with Crippen LogP contribution >= 0.6 is 0 Å². The average Bonchev–Trinajstić information content (AvgIpc) is 3.16. The first kappa shape index (κ1) is 15.2. The summed E-state index contributed by atoms with van der Waals surface area (Å²) in [4.78, 5) is 0. The van der Waals surface area contributed by atoms with Crippen molar-refractivity contribution in [2.24, 2.45) is 0 Å². The molecule has 1 aromatic rings. The van der Waals surface area contributed by atoms with Gasteiger partial charge in [-0.2, -0.15) is 0 Å². The summed E-state index contributed by atoms with van der Waals surface area (Å²) in [6, 6.07) is 2.23. The number of nitrogens with one attached hydrogen (secondary N) is 2. The van der Waals surface area contributed by atoms with Gasteiger partial charge in [0.25, 0.3) is 0 Å². The standard InChI is InChI=1S/C13H18F2N2O2S/c1-8-5-12(15)13(6-11(8)14)17-20(18,19)9(2)7-16-10-3-4-10/h5-6,9-10,16-17H,3-4,7H2,1-2H3. The third-order valence-electron chi connectivity index (χ3n) is 3.30. The van der Waals surface area contributed by atoms with E-state index in [-0.39, 0.29) is 17.8 Å². The summed E-state index contributed by atoms with van der Waals surface area (Å²) < 4.78 is 53.2. The zero-order valence-corrected chi connectivity index (χ0v) is 12.2. The Hall–Kier alpha value is -1.21. The molecule has 0 heterocycles. The Balaban J connectivity index is 2.08. The van der Waals surface area contributed by atoms with Crippen LogP contribution in [0.25, 0.3) is 0 Å². The van der Waals surface area contributed by atoms with Crippen molar-refractivity contribution in [1.29, 1.82) is 0 Å². The van der Waals surface area contributed by atoms with Crippen LogP contribution in [-0.2, 0) is 10.0 Å². The van der Waals surface area contributed by atoms with Crippen molar-refractivity contribution in [2.75, 3.05) is 11.3 Å². The van der Waals surface area contributed by atoms with E-state index >= 15 is 0 Å². The molecule has 0 saturated heterocycles. The van der Waals surface area contributed by atoms with E-state index in [4.69, 9.17) is 0 Å². The van der Waals surface area contributed by atoms with Crippen molar-refractivity contribution in [3.8, 4) is 0 Å². The summed E-state index contributed by atoms with van der Waals surface area (Å²) >= 11 is 0. The first-order valence-electron chi connectivity index (χ1n) is 6.50. The third-order valence-corrected chi connectivity index (χ3v) is 5.03. The zero-order chi connectivity index (χ0) is 14.9. The second-order valence-corrected chi connectivity index (χ2v) is 7.32. The lowest BCUT2D eigenvalue weighted by molar-refractivity contribution is 0.573. The minimum absolute atomic E-state index is 0.133. The highest BCUT2D eigenvalue weighted by Gasteiger charge is 2.26. The van der Waals surface area contributed by atoms with Crippen LogP contribution in [0.2, 0.25) is 0 Å². The molecule has 1 aliphatic rings. The molecule has 1 atom stereocenters. The van der Waals surface area contributed by atoms with Crippen molar-refractivity contribution in [2.45, 2.75) is 38.0 Å². The highest BCUT2D eigenvalue weighted by Crippen LogP contribution is 2.22. The Kier molecular flexibility index (Phi) is 4.29. The summed E-state index contributed by atoms with van der Waals surface area (Å²) in [7, 11) is -3.75.